The van der Waals surface area contributed by atoms with E-state index >= 15 is 0 Å². The van der Waals surface area contributed by atoms with Crippen LogP contribution in [0.2, 0.25) is 0 Å². The SMILES string of the molecule is CC(N)C1CCCCN1CC(C)(O)C(=O)O. The number of aliphatic hydroxyl groups is 1. The van der Waals surface area contributed by atoms with Crippen LogP contribution in [0.3, 0.4) is 0 Å². The number of rotatable bonds is 4. The summed E-state index contributed by atoms with van der Waals surface area (Å²) in [7, 11) is 0. The van der Waals surface area contributed by atoms with E-state index in [1.54, 1.807) is 0 Å². The van der Waals surface area contributed by atoms with Gasteiger partial charge in [0, 0.05) is 18.6 Å². The fourth-order valence-corrected chi connectivity index (χ4v) is 2.27. The van der Waals surface area contributed by atoms with Gasteiger partial charge in [0.2, 0.25) is 0 Å². The first-order valence-corrected chi connectivity index (χ1v) is 5.80. The number of β-amino-alcohol motifs (C(OH)–C–C–N with tert-alkyl or cyclic N) is 1. The van der Waals surface area contributed by atoms with Crippen LogP contribution in [0.5, 0.6) is 0 Å². The Kier molecular flexibility index (Phi) is 4.29. The van der Waals surface area contributed by atoms with Gasteiger partial charge in [-0.25, -0.2) is 4.79 Å². The molecule has 0 radical (unpaired) electrons. The molecular formula is C11H22N2O3. The van der Waals surface area contributed by atoms with Crippen molar-refractivity contribution in [1.29, 1.82) is 0 Å². The molecule has 0 aliphatic carbocycles. The summed E-state index contributed by atoms with van der Waals surface area (Å²) in [4.78, 5) is 12.9. The van der Waals surface area contributed by atoms with Crippen molar-refractivity contribution in [2.75, 3.05) is 13.1 Å². The number of nitrogens with zero attached hydrogens (tertiary/aromatic N) is 1. The van der Waals surface area contributed by atoms with Gasteiger partial charge in [0.15, 0.2) is 5.60 Å². The van der Waals surface area contributed by atoms with Gasteiger partial charge >= 0.3 is 5.97 Å². The van der Waals surface area contributed by atoms with Crippen molar-refractivity contribution in [3.05, 3.63) is 0 Å². The molecule has 3 unspecified atom stereocenters. The van der Waals surface area contributed by atoms with E-state index in [0.29, 0.717) is 0 Å². The van der Waals surface area contributed by atoms with E-state index in [1.165, 1.54) is 6.92 Å². The summed E-state index contributed by atoms with van der Waals surface area (Å²) in [5.74, 6) is -1.18. The van der Waals surface area contributed by atoms with Crippen molar-refractivity contribution < 1.29 is 15.0 Å². The lowest BCUT2D eigenvalue weighted by atomic mass is 9.94. The zero-order chi connectivity index (χ0) is 12.3. The molecule has 0 bridgehead atoms. The summed E-state index contributed by atoms with van der Waals surface area (Å²) in [5, 5.41) is 18.7. The smallest absolute Gasteiger partial charge is 0.336 e. The molecule has 3 atom stereocenters. The van der Waals surface area contributed by atoms with Gasteiger partial charge in [-0.15, -0.1) is 0 Å². The second kappa shape index (κ2) is 5.12. The largest absolute Gasteiger partial charge is 0.479 e. The predicted octanol–water partition coefficient (Wildman–Crippen LogP) is 0.0237. The topological polar surface area (TPSA) is 86.8 Å². The number of piperidine rings is 1. The predicted molar refractivity (Wildman–Crippen MR) is 61.1 cm³/mol. The standard InChI is InChI=1S/C11H22N2O3/c1-8(12)9-5-3-4-6-13(9)7-11(2,16)10(14)15/h8-9,16H,3-7,12H2,1-2H3,(H,14,15). The molecule has 0 saturated carbocycles. The van der Waals surface area contributed by atoms with E-state index in [-0.39, 0.29) is 18.6 Å². The summed E-state index contributed by atoms with van der Waals surface area (Å²) in [6, 6.07) is 0.185. The van der Waals surface area contributed by atoms with E-state index in [2.05, 4.69) is 0 Å². The molecule has 0 aromatic heterocycles. The van der Waals surface area contributed by atoms with E-state index in [9.17, 15) is 9.90 Å². The van der Waals surface area contributed by atoms with Crippen LogP contribution in [0.25, 0.3) is 0 Å². The average Bonchev–Trinajstić information content (AvgIpc) is 2.17. The molecule has 1 fully saturated rings. The molecule has 5 heteroatoms. The van der Waals surface area contributed by atoms with Gasteiger partial charge in [0.05, 0.1) is 0 Å². The molecule has 4 N–H and O–H groups in total. The van der Waals surface area contributed by atoms with Gasteiger partial charge in [0.25, 0.3) is 0 Å². The van der Waals surface area contributed by atoms with Crippen molar-refractivity contribution in [2.45, 2.75) is 50.8 Å². The Morgan fingerprint density at radius 2 is 2.25 bits per heavy atom. The van der Waals surface area contributed by atoms with Crippen LogP contribution in [-0.4, -0.2) is 51.9 Å². The minimum absolute atomic E-state index is 0.00453. The molecule has 1 aliphatic rings. The molecule has 0 aromatic rings. The van der Waals surface area contributed by atoms with Crippen molar-refractivity contribution >= 4 is 5.97 Å². The first kappa shape index (κ1) is 13.4. The molecule has 5 nitrogen and oxygen atoms in total. The second-order valence-electron chi connectivity index (χ2n) is 4.97. The van der Waals surface area contributed by atoms with Crippen molar-refractivity contribution in [3.63, 3.8) is 0 Å². The number of hydrogen-bond donors (Lipinski definition) is 3. The Labute approximate surface area is 96.2 Å². The van der Waals surface area contributed by atoms with Gasteiger partial charge in [0.1, 0.15) is 0 Å². The molecule has 1 heterocycles. The maximum absolute atomic E-state index is 10.9. The summed E-state index contributed by atoms with van der Waals surface area (Å²) >= 11 is 0. The molecule has 1 aliphatic heterocycles. The normalized spacial score (nSPS) is 28.4. The van der Waals surface area contributed by atoms with Gasteiger partial charge in [-0.05, 0) is 33.2 Å². The zero-order valence-electron chi connectivity index (χ0n) is 10.0. The summed E-state index contributed by atoms with van der Waals surface area (Å²) in [6.07, 6.45) is 3.14. The van der Waals surface area contributed by atoms with Crippen LogP contribution in [-0.2, 0) is 4.79 Å². The number of nitrogens with two attached hydrogens (primary N) is 1. The van der Waals surface area contributed by atoms with E-state index < -0.39 is 11.6 Å². The maximum Gasteiger partial charge on any atom is 0.336 e. The molecular weight excluding hydrogens is 208 g/mol. The fourth-order valence-electron chi connectivity index (χ4n) is 2.27. The monoisotopic (exact) mass is 230 g/mol. The van der Waals surface area contributed by atoms with Crippen LogP contribution >= 0.6 is 0 Å². The fraction of sp³-hybridized carbons (Fsp3) is 0.909. The van der Waals surface area contributed by atoms with E-state index in [0.717, 1.165) is 25.8 Å². The van der Waals surface area contributed by atoms with Crippen molar-refractivity contribution in [1.82, 2.24) is 4.90 Å². The van der Waals surface area contributed by atoms with Crippen molar-refractivity contribution in [2.24, 2.45) is 5.73 Å². The van der Waals surface area contributed by atoms with Gasteiger partial charge in [-0.1, -0.05) is 6.42 Å². The van der Waals surface area contributed by atoms with Crippen LogP contribution in [0.15, 0.2) is 0 Å². The lowest BCUT2D eigenvalue weighted by Gasteiger charge is -2.40. The van der Waals surface area contributed by atoms with E-state index in [1.807, 2.05) is 11.8 Å². The number of carboxylic acid groups (broad SMARTS) is 1. The number of likely N-dealkylation sites (tertiary alicyclic amines) is 1. The highest BCUT2D eigenvalue weighted by Crippen LogP contribution is 2.21. The molecule has 94 valence electrons. The Balaban J connectivity index is 2.66. The number of carboxylic acids is 1. The third-order valence-corrected chi connectivity index (χ3v) is 3.24. The molecule has 16 heavy (non-hydrogen) atoms. The van der Waals surface area contributed by atoms with Gasteiger partial charge in [-0.2, -0.15) is 0 Å². The Bertz CT molecular complexity index is 254. The first-order chi connectivity index (χ1) is 7.34. The number of carbonyl (C=O) groups is 1. The molecule has 0 spiro atoms. The summed E-state index contributed by atoms with van der Waals surface area (Å²) < 4.78 is 0. The van der Waals surface area contributed by atoms with E-state index in [4.69, 9.17) is 10.8 Å². The highest BCUT2D eigenvalue weighted by atomic mass is 16.4. The average molecular weight is 230 g/mol. The Morgan fingerprint density at radius 3 is 2.75 bits per heavy atom. The van der Waals surface area contributed by atoms with Crippen LogP contribution in [0.4, 0.5) is 0 Å². The molecule has 1 saturated heterocycles. The van der Waals surface area contributed by atoms with Gasteiger partial charge in [-0.3, -0.25) is 4.90 Å². The lowest BCUT2D eigenvalue weighted by molar-refractivity contribution is -0.159. The number of aliphatic carboxylic acids is 1. The summed E-state index contributed by atoms with van der Waals surface area (Å²) in [5.41, 5.74) is 4.19. The third kappa shape index (κ3) is 3.17. The quantitative estimate of drug-likeness (QED) is 0.634. The zero-order valence-corrected chi connectivity index (χ0v) is 10.0. The Hall–Kier alpha value is -0.650. The van der Waals surface area contributed by atoms with Crippen LogP contribution in [0.1, 0.15) is 33.1 Å². The Morgan fingerprint density at radius 1 is 1.62 bits per heavy atom. The first-order valence-electron chi connectivity index (χ1n) is 5.80. The number of hydrogen-bond acceptors (Lipinski definition) is 4. The third-order valence-electron chi connectivity index (χ3n) is 3.24. The molecule has 0 aromatic carbocycles. The minimum Gasteiger partial charge on any atom is -0.479 e. The molecule has 0 amide bonds. The van der Waals surface area contributed by atoms with Crippen molar-refractivity contribution in [3.8, 4) is 0 Å². The van der Waals surface area contributed by atoms with Gasteiger partial charge < -0.3 is 15.9 Å². The second-order valence-corrected chi connectivity index (χ2v) is 4.97. The van der Waals surface area contributed by atoms with Crippen LogP contribution in [0, 0.1) is 0 Å². The highest BCUT2D eigenvalue weighted by molar-refractivity contribution is 5.76. The summed E-state index contributed by atoms with van der Waals surface area (Å²) in [6.45, 7) is 4.23. The molecule has 1 rings (SSSR count). The highest BCUT2D eigenvalue weighted by Gasteiger charge is 2.36. The maximum atomic E-state index is 10.9. The van der Waals surface area contributed by atoms with Crippen LogP contribution < -0.4 is 5.73 Å². The lowest BCUT2D eigenvalue weighted by Crippen LogP contribution is -2.55. The minimum atomic E-state index is -1.69.